The van der Waals surface area contributed by atoms with Gasteiger partial charge in [-0.05, 0) is 39.5 Å². The molecule has 0 aromatic rings. The maximum absolute atomic E-state index is 11.7. The number of sulfonamides is 1. The summed E-state index contributed by atoms with van der Waals surface area (Å²) in [5.41, 5.74) is 0. The van der Waals surface area contributed by atoms with Crippen molar-refractivity contribution >= 4 is 10.0 Å². The maximum atomic E-state index is 11.7. The van der Waals surface area contributed by atoms with Crippen molar-refractivity contribution in [2.75, 3.05) is 0 Å². The molecule has 1 aliphatic rings. The van der Waals surface area contributed by atoms with Crippen molar-refractivity contribution in [3.8, 4) is 0 Å². The van der Waals surface area contributed by atoms with Crippen LogP contribution < -0.4 is 4.72 Å². The summed E-state index contributed by atoms with van der Waals surface area (Å²) in [5.74, 6) is 0.674. The fourth-order valence-corrected chi connectivity index (χ4v) is 2.38. The van der Waals surface area contributed by atoms with Gasteiger partial charge in [-0.25, -0.2) is 13.1 Å². The van der Waals surface area contributed by atoms with Crippen LogP contribution in [0.25, 0.3) is 0 Å². The second kappa shape index (κ2) is 3.24. The zero-order valence-corrected chi connectivity index (χ0v) is 9.61. The smallest absolute Gasteiger partial charge is 0.212 e. The Morgan fingerprint density at radius 3 is 2.00 bits per heavy atom. The van der Waals surface area contributed by atoms with Gasteiger partial charge in [0.05, 0.1) is 4.75 Å². The zero-order valence-electron chi connectivity index (χ0n) is 8.79. The van der Waals surface area contributed by atoms with Gasteiger partial charge in [-0.2, -0.15) is 0 Å². The Morgan fingerprint density at radius 1 is 1.23 bits per heavy atom. The van der Waals surface area contributed by atoms with Crippen LogP contribution in [0.2, 0.25) is 0 Å². The molecule has 1 N–H and O–H groups in total. The van der Waals surface area contributed by atoms with E-state index in [4.69, 9.17) is 0 Å². The molecule has 0 spiro atoms. The van der Waals surface area contributed by atoms with Crippen molar-refractivity contribution < 1.29 is 8.42 Å². The third kappa shape index (κ3) is 2.44. The largest absolute Gasteiger partial charge is 0.216 e. The van der Waals surface area contributed by atoms with Gasteiger partial charge in [0, 0.05) is 6.04 Å². The highest BCUT2D eigenvalue weighted by Crippen LogP contribution is 2.28. The summed E-state index contributed by atoms with van der Waals surface area (Å²) >= 11 is 0. The monoisotopic (exact) mass is 205 g/mol. The van der Waals surface area contributed by atoms with Crippen molar-refractivity contribution in [2.45, 2.75) is 51.3 Å². The van der Waals surface area contributed by atoms with E-state index in [1.165, 1.54) is 0 Å². The van der Waals surface area contributed by atoms with Crippen molar-refractivity contribution in [2.24, 2.45) is 5.92 Å². The molecule has 1 saturated carbocycles. The lowest BCUT2D eigenvalue weighted by atomic mass is 9.83. The average Bonchev–Trinajstić information content (AvgIpc) is 1.80. The molecule has 78 valence electrons. The molecule has 13 heavy (non-hydrogen) atoms. The maximum Gasteiger partial charge on any atom is 0.216 e. The molecule has 0 saturated heterocycles. The summed E-state index contributed by atoms with van der Waals surface area (Å²) in [5, 5.41) is 0. The topological polar surface area (TPSA) is 46.2 Å². The molecule has 1 fully saturated rings. The number of rotatable bonds is 2. The number of nitrogens with one attached hydrogen (secondary N) is 1. The summed E-state index contributed by atoms with van der Waals surface area (Å²) in [6, 6.07) is 0.180. The molecule has 1 rings (SSSR count). The highest BCUT2D eigenvalue weighted by atomic mass is 32.2. The molecule has 0 atom stereocenters. The molecule has 4 heteroatoms. The Bertz CT molecular complexity index is 270. The second-order valence-electron chi connectivity index (χ2n) is 5.01. The third-order valence-corrected chi connectivity index (χ3v) is 4.76. The molecular formula is C9H19NO2S. The number of hydrogen-bond acceptors (Lipinski definition) is 2. The predicted octanol–water partition coefficient (Wildman–Crippen LogP) is 1.50. The fourth-order valence-electron chi connectivity index (χ4n) is 1.39. The summed E-state index contributed by atoms with van der Waals surface area (Å²) < 4.78 is 25.3. The van der Waals surface area contributed by atoms with Crippen molar-refractivity contribution in [1.82, 2.24) is 4.72 Å². The van der Waals surface area contributed by atoms with Crippen molar-refractivity contribution in [1.29, 1.82) is 0 Å². The zero-order chi connectivity index (χ0) is 10.3. The van der Waals surface area contributed by atoms with E-state index >= 15 is 0 Å². The molecule has 0 aromatic heterocycles. The van der Waals surface area contributed by atoms with Gasteiger partial charge in [0.25, 0.3) is 0 Å². The number of hydrogen-bond donors (Lipinski definition) is 1. The van der Waals surface area contributed by atoms with E-state index in [2.05, 4.69) is 11.6 Å². The van der Waals surface area contributed by atoms with Gasteiger partial charge in [-0.3, -0.25) is 0 Å². The minimum atomic E-state index is -3.13. The quantitative estimate of drug-likeness (QED) is 0.742. The molecule has 0 heterocycles. The van der Waals surface area contributed by atoms with Crippen LogP contribution in [0.15, 0.2) is 0 Å². The Labute approximate surface area is 81.0 Å². The van der Waals surface area contributed by atoms with E-state index in [0.717, 1.165) is 12.8 Å². The lowest BCUT2D eigenvalue weighted by Crippen LogP contribution is -2.49. The van der Waals surface area contributed by atoms with Crippen molar-refractivity contribution in [3.05, 3.63) is 0 Å². The summed E-state index contributed by atoms with van der Waals surface area (Å²) in [6.07, 6.45) is 1.96. The molecule has 0 aliphatic heterocycles. The van der Waals surface area contributed by atoms with Crippen LogP contribution in [-0.4, -0.2) is 19.2 Å². The highest BCUT2D eigenvalue weighted by molar-refractivity contribution is 7.90. The molecular weight excluding hydrogens is 186 g/mol. The van der Waals surface area contributed by atoms with Gasteiger partial charge in [-0.15, -0.1) is 0 Å². The van der Waals surface area contributed by atoms with Crippen molar-refractivity contribution in [3.63, 3.8) is 0 Å². The van der Waals surface area contributed by atoms with E-state index < -0.39 is 14.8 Å². The van der Waals surface area contributed by atoms with E-state index in [9.17, 15) is 8.42 Å². The van der Waals surface area contributed by atoms with E-state index in [-0.39, 0.29) is 6.04 Å². The Hall–Kier alpha value is -0.0900. The summed E-state index contributed by atoms with van der Waals surface area (Å²) in [6.45, 7) is 7.30. The third-order valence-electron chi connectivity index (χ3n) is 2.50. The first kappa shape index (κ1) is 11.0. The molecule has 0 radical (unpaired) electrons. The van der Waals surface area contributed by atoms with Gasteiger partial charge in [0.15, 0.2) is 0 Å². The van der Waals surface area contributed by atoms with Crippen LogP contribution in [0, 0.1) is 5.92 Å². The molecule has 0 amide bonds. The fraction of sp³-hybridized carbons (Fsp3) is 1.00. The standard InChI is InChI=1S/C9H19NO2S/c1-7-5-8(6-7)10-13(11,12)9(2,3)4/h7-8,10H,5-6H2,1-4H3/t7-,8-. The van der Waals surface area contributed by atoms with Crippen LogP contribution in [-0.2, 0) is 10.0 Å². The van der Waals surface area contributed by atoms with Crippen LogP contribution in [0.1, 0.15) is 40.5 Å². The Kier molecular flexibility index (Phi) is 2.74. The SMILES string of the molecule is CC(C)(C)S(=O)(=O)N[C@H]1C[C@H](C)C1. The van der Waals surface area contributed by atoms with Crippen LogP contribution in [0.5, 0.6) is 0 Å². The van der Waals surface area contributed by atoms with Crippen LogP contribution in [0.3, 0.4) is 0 Å². The van der Waals surface area contributed by atoms with Gasteiger partial charge in [0.1, 0.15) is 0 Å². The average molecular weight is 205 g/mol. The molecule has 0 aromatic carbocycles. The minimum Gasteiger partial charge on any atom is -0.212 e. The Balaban J connectivity index is 2.54. The summed E-state index contributed by atoms with van der Waals surface area (Å²) in [7, 11) is -3.13. The Morgan fingerprint density at radius 2 is 1.69 bits per heavy atom. The molecule has 0 bridgehead atoms. The molecule has 3 nitrogen and oxygen atoms in total. The van der Waals surface area contributed by atoms with Crippen LogP contribution in [0.4, 0.5) is 0 Å². The molecule has 0 unspecified atom stereocenters. The normalized spacial score (nSPS) is 29.8. The van der Waals surface area contributed by atoms with Gasteiger partial charge in [0.2, 0.25) is 10.0 Å². The van der Waals surface area contributed by atoms with Crippen LogP contribution >= 0.6 is 0 Å². The van der Waals surface area contributed by atoms with Gasteiger partial charge >= 0.3 is 0 Å². The predicted molar refractivity (Wildman–Crippen MR) is 54.0 cm³/mol. The minimum absolute atomic E-state index is 0.180. The summed E-state index contributed by atoms with van der Waals surface area (Å²) in [4.78, 5) is 0. The highest BCUT2D eigenvalue weighted by Gasteiger charge is 2.35. The first-order valence-corrected chi connectivity index (χ1v) is 6.22. The second-order valence-corrected chi connectivity index (χ2v) is 7.47. The lowest BCUT2D eigenvalue weighted by Gasteiger charge is -2.35. The van der Waals surface area contributed by atoms with E-state index in [1.807, 2.05) is 0 Å². The van der Waals surface area contributed by atoms with E-state index in [0.29, 0.717) is 5.92 Å². The lowest BCUT2D eigenvalue weighted by molar-refractivity contribution is 0.269. The molecule has 1 aliphatic carbocycles. The first-order chi connectivity index (χ1) is 5.72. The first-order valence-electron chi connectivity index (χ1n) is 4.74. The van der Waals surface area contributed by atoms with Gasteiger partial charge in [-0.1, -0.05) is 6.92 Å². The van der Waals surface area contributed by atoms with Gasteiger partial charge < -0.3 is 0 Å². The van der Waals surface area contributed by atoms with E-state index in [1.54, 1.807) is 20.8 Å².